The smallest absolute Gasteiger partial charge is 0.446 e. The van der Waals surface area contributed by atoms with Crippen LogP contribution in [0, 0.1) is 0 Å². The predicted octanol–water partition coefficient (Wildman–Crippen LogP) is 1.61. The number of halogens is 3. The standard InChI is InChI=1S/C19H22F3N3O7/c1-27-12-9-11(10-13(28-2)14(12)29-3)15-23-18(16(26)30-4,19(20,21)22)24-17(32-15)25-5-7-31-8-6-25/h9-10H,5-8H2,1-4H3/t18-/m0/s1. The van der Waals surface area contributed by atoms with Gasteiger partial charge in [-0.15, -0.1) is 0 Å². The van der Waals surface area contributed by atoms with Crippen LogP contribution in [0.25, 0.3) is 0 Å². The Bertz CT molecular complexity index is 904. The summed E-state index contributed by atoms with van der Waals surface area (Å²) in [6.07, 6.45) is -5.21. The van der Waals surface area contributed by atoms with Crippen molar-refractivity contribution in [2.24, 2.45) is 9.98 Å². The van der Waals surface area contributed by atoms with Crippen LogP contribution in [0.1, 0.15) is 5.56 Å². The summed E-state index contributed by atoms with van der Waals surface area (Å²) < 4.78 is 73.6. The molecule has 2 heterocycles. The molecule has 1 saturated heterocycles. The highest BCUT2D eigenvalue weighted by molar-refractivity contribution is 6.06. The number of morpholine rings is 1. The minimum absolute atomic E-state index is 0.0395. The van der Waals surface area contributed by atoms with E-state index in [0.717, 1.165) is 7.11 Å². The van der Waals surface area contributed by atoms with Crippen LogP contribution in [0.2, 0.25) is 0 Å². The number of alkyl halides is 3. The van der Waals surface area contributed by atoms with Crippen LogP contribution < -0.4 is 14.2 Å². The number of benzene rings is 1. The zero-order chi connectivity index (χ0) is 23.5. The summed E-state index contributed by atoms with van der Waals surface area (Å²) >= 11 is 0. The van der Waals surface area contributed by atoms with Gasteiger partial charge in [-0.1, -0.05) is 0 Å². The van der Waals surface area contributed by atoms with Crippen molar-refractivity contribution in [1.29, 1.82) is 0 Å². The van der Waals surface area contributed by atoms with Crippen LogP contribution in [0.15, 0.2) is 22.1 Å². The Morgan fingerprint density at radius 3 is 2.09 bits per heavy atom. The molecule has 10 nitrogen and oxygen atoms in total. The topological polar surface area (TPSA) is 100 Å². The van der Waals surface area contributed by atoms with Gasteiger partial charge in [0, 0.05) is 18.7 Å². The Hall–Kier alpha value is -3.22. The molecule has 0 unspecified atom stereocenters. The van der Waals surface area contributed by atoms with Gasteiger partial charge in [0.05, 0.1) is 41.7 Å². The number of hydrogen-bond acceptors (Lipinski definition) is 10. The van der Waals surface area contributed by atoms with Crippen molar-refractivity contribution in [3.05, 3.63) is 17.7 Å². The monoisotopic (exact) mass is 461 g/mol. The summed E-state index contributed by atoms with van der Waals surface area (Å²) in [6, 6.07) is 2.26. The van der Waals surface area contributed by atoms with Gasteiger partial charge < -0.3 is 33.3 Å². The maximum Gasteiger partial charge on any atom is 0.446 e. The molecule has 176 valence electrons. The molecule has 1 aromatic carbocycles. The molecule has 2 aliphatic rings. The molecular weight excluding hydrogens is 439 g/mol. The van der Waals surface area contributed by atoms with Gasteiger partial charge in [-0.2, -0.15) is 23.2 Å². The van der Waals surface area contributed by atoms with E-state index in [1.165, 1.54) is 38.4 Å². The Balaban J connectivity index is 2.21. The van der Waals surface area contributed by atoms with Crippen molar-refractivity contribution in [3.8, 4) is 17.2 Å². The number of methoxy groups -OCH3 is 4. The first-order valence-electron chi connectivity index (χ1n) is 9.36. The lowest BCUT2D eigenvalue weighted by Crippen LogP contribution is -2.55. The van der Waals surface area contributed by atoms with E-state index in [0.29, 0.717) is 0 Å². The van der Waals surface area contributed by atoms with Crippen molar-refractivity contribution in [2.75, 3.05) is 54.7 Å². The molecule has 32 heavy (non-hydrogen) atoms. The van der Waals surface area contributed by atoms with E-state index < -0.39 is 29.7 Å². The lowest BCUT2D eigenvalue weighted by Gasteiger charge is -2.35. The SMILES string of the molecule is COC(=O)[C@]1(C(F)(F)F)N=C(c2cc(OC)c(OC)c(OC)c2)OC(N2CCOCC2)=N1. The lowest BCUT2D eigenvalue weighted by atomic mass is 10.1. The molecule has 1 atom stereocenters. The maximum atomic E-state index is 14.2. The first-order valence-corrected chi connectivity index (χ1v) is 9.36. The van der Waals surface area contributed by atoms with E-state index in [2.05, 4.69) is 14.7 Å². The van der Waals surface area contributed by atoms with Gasteiger partial charge in [0.15, 0.2) is 11.5 Å². The second kappa shape index (κ2) is 9.10. The van der Waals surface area contributed by atoms with E-state index in [1.54, 1.807) is 0 Å². The fourth-order valence-electron chi connectivity index (χ4n) is 3.14. The van der Waals surface area contributed by atoms with Crippen molar-refractivity contribution < 1.29 is 46.4 Å². The minimum Gasteiger partial charge on any atom is -0.493 e. The van der Waals surface area contributed by atoms with Crippen molar-refractivity contribution >= 4 is 17.9 Å². The largest absolute Gasteiger partial charge is 0.493 e. The number of esters is 1. The van der Waals surface area contributed by atoms with Gasteiger partial charge in [0.2, 0.25) is 11.6 Å². The Morgan fingerprint density at radius 2 is 1.62 bits per heavy atom. The van der Waals surface area contributed by atoms with Gasteiger partial charge in [0.1, 0.15) is 0 Å². The number of rotatable bonds is 5. The quantitative estimate of drug-likeness (QED) is 0.610. The lowest BCUT2D eigenvalue weighted by molar-refractivity contribution is -0.202. The summed E-state index contributed by atoms with van der Waals surface area (Å²) in [5, 5.41) is 0. The third-order valence-corrected chi connectivity index (χ3v) is 4.77. The molecular formula is C19H22F3N3O7. The summed E-state index contributed by atoms with van der Waals surface area (Å²) in [7, 11) is 4.90. The van der Waals surface area contributed by atoms with Crippen LogP contribution in [-0.4, -0.2) is 89.4 Å². The predicted molar refractivity (Wildman–Crippen MR) is 104 cm³/mol. The van der Waals surface area contributed by atoms with Gasteiger partial charge in [-0.05, 0) is 12.1 Å². The molecule has 1 fully saturated rings. The van der Waals surface area contributed by atoms with Crippen LogP contribution >= 0.6 is 0 Å². The molecule has 0 saturated carbocycles. The molecule has 0 spiro atoms. The number of aliphatic imine (C=N–C) groups is 2. The van der Waals surface area contributed by atoms with Crippen LogP contribution in [0.4, 0.5) is 13.2 Å². The maximum absolute atomic E-state index is 14.2. The van der Waals surface area contributed by atoms with Crippen molar-refractivity contribution in [1.82, 2.24) is 4.90 Å². The summed E-state index contributed by atoms with van der Waals surface area (Å²) in [6.45, 7) is 0.902. The Labute approximate surface area is 181 Å². The normalized spacial score (nSPS) is 21.2. The molecule has 0 N–H and O–H groups in total. The fourth-order valence-corrected chi connectivity index (χ4v) is 3.14. The number of nitrogens with zero attached hydrogens (tertiary/aromatic N) is 3. The van der Waals surface area contributed by atoms with E-state index in [4.69, 9.17) is 23.7 Å². The molecule has 0 radical (unpaired) electrons. The highest BCUT2D eigenvalue weighted by Crippen LogP contribution is 2.42. The molecule has 0 amide bonds. The molecule has 1 aromatic rings. The summed E-state index contributed by atoms with van der Waals surface area (Å²) in [5.74, 6) is -1.71. The first kappa shape index (κ1) is 23.4. The van der Waals surface area contributed by atoms with E-state index in [-0.39, 0.29) is 49.1 Å². The van der Waals surface area contributed by atoms with Crippen LogP contribution in [0.5, 0.6) is 17.2 Å². The zero-order valence-electron chi connectivity index (χ0n) is 17.8. The van der Waals surface area contributed by atoms with Gasteiger partial charge in [-0.25, -0.2) is 4.79 Å². The van der Waals surface area contributed by atoms with Gasteiger partial charge in [-0.3, -0.25) is 0 Å². The van der Waals surface area contributed by atoms with Crippen molar-refractivity contribution in [2.45, 2.75) is 11.8 Å². The second-order valence-corrected chi connectivity index (χ2v) is 6.59. The third kappa shape index (κ3) is 4.11. The average Bonchev–Trinajstić information content (AvgIpc) is 2.81. The fraction of sp³-hybridized carbons (Fsp3) is 0.526. The van der Waals surface area contributed by atoms with E-state index >= 15 is 0 Å². The molecule has 2 aliphatic heterocycles. The zero-order valence-corrected chi connectivity index (χ0v) is 17.8. The molecule has 0 bridgehead atoms. The summed E-state index contributed by atoms with van der Waals surface area (Å²) in [4.78, 5) is 20.9. The number of hydrogen-bond donors (Lipinski definition) is 0. The van der Waals surface area contributed by atoms with Gasteiger partial charge in [0.25, 0.3) is 6.02 Å². The first-order chi connectivity index (χ1) is 15.2. The number of ether oxygens (including phenoxy) is 6. The van der Waals surface area contributed by atoms with E-state index in [1.807, 2.05) is 0 Å². The van der Waals surface area contributed by atoms with Crippen LogP contribution in [-0.2, 0) is 19.0 Å². The van der Waals surface area contributed by atoms with Crippen LogP contribution in [0.3, 0.4) is 0 Å². The highest BCUT2D eigenvalue weighted by atomic mass is 19.4. The van der Waals surface area contributed by atoms with Gasteiger partial charge >= 0.3 is 17.8 Å². The molecule has 13 heteroatoms. The van der Waals surface area contributed by atoms with E-state index in [9.17, 15) is 18.0 Å². The Kier molecular flexibility index (Phi) is 6.67. The highest BCUT2D eigenvalue weighted by Gasteiger charge is 2.65. The minimum atomic E-state index is -5.21. The molecule has 0 aromatic heterocycles. The second-order valence-electron chi connectivity index (χ2n) is 6.59. The summed E-state index contributed by atoms with van der Waals surface area (Å²) in [5.41, 5.74) is -3.51. The number of amidine groups is 1. The molecule has 3 rings (SSSR count). The van der Waals surface area contributed by atoms with Crippen molar-refractivity contribution in [3.63, 3.8) is 0 Å². The number of carbonyl (C=O) groups excluding carboxylic acids is 1. The average molecular weight is 461 g/mol. The number of carbonyl (C=O) groups is 1. The Morgan fingerprint density at radius 1 is 1.03 bits per heavy atom. The third-order valence-electron chi connectivity index (χ3n) is 4.77. The molecule has 0 aliphatic carbocycles.